The van der Waals surface area contributed by atoms with Crippen molar-refractivity contribution in [3.05, 3.63) is 193 Å². The summed E-state index contributed by atoms with van der Waals surface area (Å²) < 4.78 is 84.0. The molecule has 9 rings (SSSR count). The van der Waals surface area contributed by atoms with E-state index in [4.69, 9.17) is 0 Å². The second-order valence-electron chi connectivity index (χ2n) is 16.2. The molecule has 0 saturated carbocycles. The third-order valence-electron chi connectivity index (χ3n) is 11.1. The fourth-order valence-electron chi connectivity index (χ4n) is 8.05. The van der Waals surface area contributed by atoms with Gasteiger partial charge in [-0.25, -0.2) is 0 Å². The Balaban J connectivity index is 1.25. The number of fused-ring (bicyclic) bond motifs is 4. The summed E-state index contributed by atoms with van der Waals surface area (Å²) in [5.41, 5.74) is 5.65. The van der Waals surface area contributed by atoms with Crippen LogP contribution in [0.25, 0.3) is 38.3 Å². The van der Waals surface area contributed by atoms with Crippen molar-refractivity contribution in [1.29, 1.82) is 0 Å². The Labute approximate surface area is 350 Å². The average Bonchev–Trinajstić information content (AvgIpc) is 3.55. The van der Waals surface area contributed by atoms with Crippen molar-refractivity contribution in [2.45, 2.75) is 32.0 Å². The average molecular weight is 836 g/mol. The van der Waals surface area contributed by atoms with Gasteiger partial charge >= 0.3 is 12.4 Å². The van der Waals surface area contributed by atoms with Gasteiger partial charge in [-0.05, 0) is 132 Å². The highest BCUT2D eigenvalue weighted by atomic mass is 28.3. The van der Waals surface area contributed by atoms with Gasteiger partial charge in [0, 0.05) is 50.6 Å². The zero-order chi connectivity index (χ0) is 42.7. The molecule has 0 fully saturated rings. The van der Waals surface area contributed by atoms with Crippen LogP contribution in [0.4, 0.5) is 60.5 Å². The van der Waals surface area contributed by atoms with E-state index in [1.165, 1.54) is 29.5 Å². The van der Waals surface area contributed by atoms with E-state index in [9.17, 15) is 26.3 Å². The zero-order valence-corrected chi connectivity index (χ0v) is 34.4. The lowest BCUT2D eigenvalue weighted by molar-refractivity contribution is -0.138. The molecule has 0 saturated heterocycles. The van der Waals surface area contributed by atoms with Crippen molar-refractivity contribution >= 4 is 80.0 Å². The van der Waals surface area contributed by atoms with E-state index < -0.39 is 31.6 Å². The van der Waals surface area contributed by atoms with Gasteiger partial charge in [-0.1, -0.05) is 85.5 Å². The summed E-state index contributed by atoms with van der Waals surface area (Å²) >= 11 is 0. The SMILES string of the molecule is C[Si](C)(C)c1ccc(-n2c3cc(N(c4ccccc4)c4ccc(C(F)(F)F)cc4)ccc3c3cc4ccc(N(c5ccccc5)c5ccc(C(F)(F)F)cc5)cc4cc32)cc1. The van der Waals surface area contributed by atoms with Gasteiger partial charge in [0.25, 0.3) is 0 Å². The Morgan fingerprint density at radius 3 is 1.33 bits per heavy atom. The second-order valence-corrected chi connectivity index (χ2v) is 21.2. The third kappa shape index (κ3) is 7.64. The van der Waals surface area contributed by atoms with Crippen molar-refractivity contribution in [2.75, 3.05) is 9.80 Å². The summed E-state index contributed by atoms with van der Waals surface area (Å²) in [5, 5.41) is 5.23. The van der Waals surface area contributed by atoms with E-state index in [-0.39, 0.29) is 0 Å². The number of anilines is 6. The van der Waals surface area contributed by atoms with Gasteiger partial charge in [-0.15, -0.1) is 0 Å². The number of rotatable bonds is 8. The maximum atomic E-state index is 13.7. The van der Waals surface area contributed by atoms with Gasteiger partial charge in [-0.3, -0.25) is 0 Å². The molecule has 10 heteroatoms. The summed E-state index contributed by atoms with van der Waals surface area (Å²) in [6, 6.07) is 54.7. The first kappa shape index (κ1) is 39.7. The minimum Gasteiger partial charge on any atom is -0.310 e. The minimum absolute atomic E-state index is 0.579. The van der Waals surface area contributed by atoms with E-state index in [0.29, 0.717) is 11.4 Å². The van der Waals surface area contributed by atoms with Crippen LogP contribution in [0, 0.1) is 0 Å². The molecule has 3 nitrogen and oxygen atoms in total. The molecule has 0 aliphatic carbocycles. The van der Waals surface area contributed by atoms with Gasteiger partial charge in [0.1, 0.15) is 0 Å². The summed E-state index contributed by atoms with van der Waals surface area (Å²) in [4.78, 5) is 3.90. The number of hydrogen-bond acceptors (Lipinski definition) is 2. The maximum Gasteiger partial charge on any atom is 0.416 e. The molecule has 0 radical (unpaired) electrons. The highest BCUT2D eigenvalue weighted by Gasteiger charge is 2.31. The van der Waals surface area contributed by atoms with E-state index in [2.05, 4.69) is 78.8 Å². The third-order valence-corrected chi connectivity index (χ3v) is 13.2. The van der Waals surface area contributed by atoms with Crippen LogP contribution in [0.15, 0.2) is 182 Å². The van der Waals surface area contributed by atoms with Gasteiger partial charge in [0.15, 0.2) is 0 Å². The molecule has 8 aromatic carbocycles. The number of nitrogens with zero attached hydrogens (tertiary/aromatic N) is 3. The first-order chi connectivity index (χ1) is 29.1. The van der Waals surface area contributed by atoms with Crippen LogP contribution in [-0.2, 0) is 12.4 Å². The standard InChI is InChI=1S/C51H39F6N3Si/c1-61(2,3)45-27-24-42(25-28-45)60-48-32-35-30-43(58(38-10-6-4-7-11-38)40-20-15-36(16-21-40)50(52,53)54)19-14-34(35)31-47(48)46-29-26-44(33-49(46)60)59(39-12-8-5-9-13-39)41-22-17-37(18-23-41)51(55,56)57/h4-33H,1-3H3. The fourth-order valence-corrected chi connectivity index (χ4v) is 9.22. The van der Waals surface area contributed by atoms with Crippen LogP contribution >= 0.6 is 0 Å². The molecule has 1 aromatic heterocycles. The summed E-state index contributed by atoms with van der Waals surface area (Å²) in [6.07, 6.45) is -8.92. The molecule has 1 heterocycles. The van der Waals surface area contributed by atoms with Crippen molar-refractivity contribution in [3.63, 3.8) is 0 Å². The molecule has 9 aromatic rings. The largest absolute Gasteiger partial charge is 0.416 e. The second kappa shape index (κ2) is 15.0. The number of aromatic nitrogens is 1. The van der Waals surface area contributed by atoms with Crippen LogP contribution in [0.3, 0.4) is 0 Å². The van der Waals surface area contributed by atoms with Crippen LogP contribution in [-0.4, -0.2) is 12.6 Å². The van der Waals surface area contributed by atoms with Gasteiger partial charge in [0.2, 0.25) is 0 Å². The van der Waals surface area contributed by atoms with E-state index >= 15 is 0 Å². The molecule has 0 aliphatic rings. The first-order valence-corrected chi connectivity index (χ1v) is 23.3. The molecule has 0 unspecified atom stereocenters. The maximum absolute atomic E-state index is 13.7. The molecule has 61 heavy (non-hydrogen) atoms. The van der Waals surface area contributed by atoms with Crippen molar-refractivity contribution in [1.82, 2.24) is 4.57 Å². The number of hydrogen-bond donors (Lipinski definition) is 0. The van der Waals surface area contributed by atoms with Crippen LogP contribution < -0.4 is 15.0 Å². The molecule has 304 valence electrons. The van der Waals surface area contributed by atoms with E-state index in [0.717, 1.165) is 85.3 Å². The van der Waals surface area contributed by atoms with Gasteiger partial charge in [0.05, 0.1) is 30.2 Å². The molecule has 0 N–H and O–H groups in total. The number of para-hydroxylation sites is 2. The van der Waals surface area contributed by atoms with E-state index in [1.807, 2.05) is 88.7 Å². The molecule has 0 bridgehead atoms. The predicted molar refractivity (Wildman–Crippen MR) is 241 cm³/mol. The fraction of sp³-hybridized carbons (Fsp3) is 0.0980. The summed E-state index contributed by atoms with van der Waals surface area (Å²) in [5.74, 6) is 0. The summed E-state index contributed by atoms with van der Waals surface area (Å²) in [7, 11) is -1.63. The predicted octanol–water partition coefficient (Wildman–Crippen LogP) is 15.5. The Bertz CT molecular complexity index is 3010. The normalized spacial score (nSPS) is 12.3. The number of alkyl halides is 6. The smallest absolute Gasteiger partial charge is 0.310 e. The van der Waals surface area contributed by atoms with Crippen molar-refractivity contribution in [3.8, 4) is 5.69 Å². The highest BCUT2D eigenvalue weighted by Crippen LogP contribution is 2.43. The van der Waals surface area contributed by atoms with Gasteiger partial charge < -0.3 is 14.4 Å². The topological polar surface area (TPSA) is 11.4 Å². The Morgan fingerprint density at radius 2 is 0.836 bits per heavy atom. The Morgan fingerprint density at radius 1 is 0.393 bits per heavy atom. The Kier molecular flexibility index (Phi) is 9.78. The van der Waals surface area contributed by atoms with Crippen LogP contribution in [0.2, 0.25) is 19.6 Å². The number of benzene rings is 8. The molecular weight excluding hydrogens is 797 g/mol. The molecule has 0 aliphatic heterocycles. The monoisotopic (exact) mass is 835 g/mol. The first-order valence-electron chi connectivity index (χ1n) is 19.8. The van der Waals surface area contributed by atoms with E-state index in [1.54, 1.807) is 0 Å². The lowest BCUT2D eigenvalue weighted by Crippen LogP contribution is -2.37. The van der Waals surface area contributed by atoms with Gasteiger partial charge in [-0.2, -0.15) is 26.3 Å². The molecule has 0 atom stereocenters. The van der Waals surface area contributed by atoms with Crippen LogP contribution in [0.5, 0.6) is 0 Å². The number of halogens is 6. The molecular formula is C51H39F6N3Si. The molecule has 0 spiro atoms. The highest BCUT2D eigenvalue weighted by molar-refractivity contribution is 6.88. The minimum atomic E-state index is -4.46. The zero-order valence-electron chi connectivity index (χ0n) is 33.4. The van der Waals surface area contributed by atoms with Crippen LogP contribution in [0.1, 0.15) is 11.1 Å². The lowest BCUT2D eigenvalue weighted by atomic mass is 10.0. The lowest BCUT2D eigenvalue weighted by Gasteiger charge is -2.26. The molecule has 0 amide bonds. The Hall–Kier alpha value is -6.78. The van der Waals surface area contributed by atoms with Crippen molar-refractivity contribution in [2.24, 2.45) is 0 Å². The van der Waals surface area contributed by atoms with Crippen molar-refractivity contribution < 1.29 is 26.3 Å². The summed E-state index contributed by atoms with van der Waals surface area (Å²) in [6.45, 7) is 6.92. The quantitative estimate of drug-likeness (QED) is 0.112.